The normalized spacial score (nSPS) is 22.0. The Bertz CT molecular complexity index is 1340. The Morgan fingerprint density at radius 2 is 1.82 bits per heavy atom. The third kappa shape index (κ3) is 2.86. The van der Waals surface area contributed by atoms with Gasteiger partial charge in [-0.25, -0.2) is 5.01 Å². The maximum absolute atomic E-state index is 14.5. The van der Waals surface area contributed by atoms with E-state index in [4.69, 9.17) is 17.3 Å². The zero-order valence-corrected chi connectivity index (χ0v) is 19.8. The first-order chi connectivity index (χ1) is 16.3. The molecule has 172 valence electrons. The van der Waals surface area contributed by atoms with Crippen LogP contribution in [0.5, 0.6) is 0 Å². The highest BCUT2D eigenvalue weighted by Crippen LogP contribution is 2.56. The number of anilines is 1. The molecule has 0 saturated heterocycles. The maximum Gasteiger partial charge on any atom is 0.248 e. The van der Waals surface area contributed by atoms with Crippen LogP contribution in [-0.2, 0) is 21.5 Å². The van der Waals surface area contributed by atoms with Crippen molar-refractivity contribution in [1.29, 1.82) is 5.26 Å². The van der Waals surface area contributed by atoms with E-state index in [2.05, 4.69) is 6.07 Å². The van der Waals surface area contributed by atoms with Crippen molar-refractivity contribution in [1.82, 2.24) is 10.0 Å². The van der Waals surface area contributed by atoms with E-state index in [1.165, 1.54) is 0 Å². The number of hydrazine groups is 1. The molecule has 7 nitrogen and oxygen atoms in total. The Hall–Kier alpha value is -3.60. The molecule has 0 fully saturated rings. The van der Waals surface area contributed by atoms with Gasteiger partial charge >= 0.3 is 0 Å². The molecule has 1 amide bonds. The summed E-state index contributed by atoms with van der Waals surface area (Å²) >= 11 is 6.43. The number of carbonyl (C=O) groups is 2. The van der Waals surface area contributed by atoms with E-state index >= 15 is 0 Å². The Balaban J connectivity index is 1.81. The summed E-state index contributed by atoms with van der Waals surface area (Å²) in [5, 5.41) is 14.4. The van der Waals surface area contributed by atoms with Crippen LogP contribution in [-0.4, -0.2) is 35.8 Å². The zero-order chi connectivity index (χ0) is 24.2. The number of nitrogens with zero attached hydrogens (tertiary/aromatic N) is 4. The van der Waals surface area contributed by atoms with Gasteiger partial charge in [0.25, 0.3) is 0 Å². The number of hydrogen-bond donors (Lipinski definition) is 1. The number of nitriles is 1. The number of nitrogens with two attached hydrogens (primary N) is 1. The van der Waals surface area contributed by atoms with Crippen LogP contribution in [0.3, 0.4) is 0 Å². The Labute approximate surface area is 203 Å². The van der Waals surface area contributed by atoms with Gasteiger partial charge in [-0.05, 0) is 30.5 Å². The Kier molecular flexibility index (Phi) is 5.23. The number of ketones is 1. The van der Waals surface area contributed by atoms with Crippen molar-refractivity contribution in [3.05, 3.63) is 87.3 Å². The first-order valence-corrected chi connectivity index (χ1v) is 11.5. The highest BCUT2D eigenvalue weighted by atomic mass is 35.5. The molecule has 0 saturated carbocycles. The van der Waals surface area contributed by atoms with Crippen LogP contribution in [0.4, 0.5) is 5.69 Å². The number of halogens is 1. The van der Waals surface area contributed by atoms with Crippen LogP contribution in [0.2, 0.25) is 5.02 Å². The third-order valence-corrected chi connectivity index (χ3v) is 7.21. The van der Waals surface area contributed by atoms with Gasteiger partial charge in [0, 0.05) is 48.1 Å². The first kappa shape index (κ1) is 22.2. The summed E-state index contributed by atoms with van der Waals surface area (Å²) < 4.78 is 0. The van der Waals surface area contributed by atoms with Gasteiger partial charge in [0.15, 0.2) is 5.78 Å². The van der Waals surface area contributed by atoms with Gasteiger partial charge in [-0.2, -0.15) is 5.26 Å². The van der Waals surface area contributed by atoms with E-state index in [0.29, 0.717) is 46.8 Å². The molecule has 2 heterocycles. The lowest BCUT2D eigenvalue weighted by Gasteiger charge is -2.45. The summed E-state index contributed by atoms with van der Waals surface area (Å²) in [5.74, 6) is -0.311. The van der Waals surface area contributed by atoms with Crippen LogP contribution in [0.1, 0.15) is 30.4 Å². The number of carbonyl (C=O) groups excluding carboxylic acids is 2. The number of para-hydroxylation sites is 1. The van der Waals surface area contributed by atoms with Crippen molar-refractivity contribution in [2.75, 3.05) is 19.0 Å². The van der Waals surface area contributed by atoms with Gasteiger partial charge in [0.1, 0.15) is 17.3 Å². The Morgan fingerprint density at radius 1 is 1.12 bits per heavy atom. The average Bonchev–Trinajstić information content (AvgIpc) is 3.04. The van der Waals surface area contributed by atoms with Gasteiger partial charge in [0.2, 0.25) is 5.91 Å². The summed E-state index contributed by atoms with van der Waals surface area (Å²) in [6.45, 7) is 0.212. The van der Waals surface area contributed by atoms with Crippen molar-refractivity contribution >= 4 is 29.0 Å². The van der Waals surface area contributed by atoms with Crippen LogP contribution in [0, 0.1) is 11.3 Å². The van der Waals surface area contributed by atoms with Crippen molar-refractivity contribution in [2.45, 2.75) is 31.2 Å². The molecule has 8 heteroatoms. The van der Waals surface area contributed by atoms with Gasteiger partial charge in [0.05, 0.1) is 12.1 Å². The molecule has 5 rings (SSSR count). The maximum atomic E-state index is 14.5. The lowest BCUT2D eigenvalue weighted by atomic mass is 9.64. The number of benzene rings is 2. The van der Waals surface area contributed by atoms with Crippen LogP contribution < -0.4 is 10.6 Å². The fourth-order valence-electron chi connectivity index (χ4n) is 5.52. The van der Waals surface area contributed by atoms with Gasteiger partial charge < -0.3 is 10.6 Å². The average molecular weight is 474 g/mol. The first-order valence-electron chi connectivity index (χ1n) is 11.1. The van der Waals surface area contributed by atoms with E-state index in [1.807, 2.05) is 42.5 Å². The van der Waals surface area contributed by atoms with Crippen molar-refractivity contribution in [3.8, 4) is 6.07 Å². The monoisotopic (exact) mass is 473 g/mol. The van der Waals surface area contributed by atoms with Crippen LogP contribution in [0.25, 0.3) is 0 Å². The smallest absolute Gasteiger partial charge is 0.248 e. The highest BCUT2D eigenvalue weighted by molar-refractivity contribution is 6.31. The second-order valence-corrected chi connectivity index (χ2v) is 9.29. The summed E-state index contributed by atoms with van der Waals surface area (Å²) in [5.41, 5.74) is 8.16. The van der Waals surface area contributed by atoms with E-state index in [9.17, 15) is 14.9 Å². The molecule has 2 aromatic rings. The van der Waals surface area contributed by atoms with Crippen molar-refractivity contribution < 1.29 is 9.59 Å². The lowest BCUT2D eigenvalue weighted by Crippen LogP contribution is -2.54. The summed E-state index contributed by atoms with van der Waals surface area (Å²) in [4.78, 5) is 29.6. The van der Waals surface area contributed by atoms with Gasteiger partial charge in [-0.15, -0.1) is 0 Å². The highest BCUT2D eigenvalue weighted by Gasteiger charge is 2.62. The summed E-state index contributed by atoms with van der Waals surface area (Å²) in [7, 11) is 3.61. The van der Waals surface area contributed by atoms with E-state index in [1.54, 1.807) is 35.1 Å². The largest absolute Gasteiger partial charge is 0.383 e. The number of fused-ring (bicyclic) bond motifs is 3. The number of hydrogen-bond acceptors (Lipinski definition) is 6. The molecule has 1 spiro atoms. The van der Waals surface area contributed by atoms with E-state index in [0.717, 1.165) is 5.56 Å². The predicted octanol–water partition coefficient (Wildman–Crippen LogP) is 3.62. The number of rotatable bonds is 3. The molecule has 2 aliphatic heterocycles. The number of allylic oxidation sites excluding steroid dienone is 1. The molecule has 0 unspecified atom stereocenters. The SMILES string of the molecule is CN(C)N1C(N)=C(C#N)[C@]2(C(=O)N(Cc3ccccc3Cl)c3ccccc32)C2=C1CCCC2=O. The minimum Gasteiger partial charge on any atom is -0.383 e. The van der Waals surface area contributed by atoms with Crippen LogP contribution in [0.15, 0.2) is 71.2 Å². The topological polar surface area (TPSA) is 93.7 Å². The molecule has 0 aromatic heterocycles. The Morgan fingerprint density at radius 3 is 2.53 bits per heavy atom. The van der Waals surface area contributed by atoms with Crippen LogP contribution >= 0.6 is 11.6 Å². The second kappa shape index (κ2) is 8.01. The molecule has 0 radical (unpaired) electrons. The predicted molar refractivity (Wildman–Crippen MR) is 129 cm³/mol. The third-order valence-electron chi connectivity index (χ3n) is 6.84. The molecule has 1 aliphatic carbocycles. The summed E-state index contributed by atoms with van der Waals surface area (Å²) in [6.07, 6.45) is 1.56. The minimum atomic E-state index is -1.57. The van der Waals surface area contributed by atoms with Crippen molar-refractivity contribution in [2.24, 2.45) is 5.73 Å². The fraction of sp³-hybridized carbons (Fsp3) is 0.269. The molecule has 2 aromatic carbocycles. The quantitative estimate of drug-likeness (QED) is 0.731. The molecular formula is C26H24ClN5O2. The van der Waals surface area contributed by atoms with Gasteiger partial charge in [-0.1, -0.05) is 48.0 Å². The molecule has 34 heavy (non-hydrogen) atoms. The standard InChI is InChI=1S/C26H24ClN5O2/c1-30(2)32-21-12-7-13-22(33)23(21)26(18(14-28)24(32)29)17-9-4-6-11-20(17)31(25(26)34)15-16-8-3-5-10-19(16)27/h3-6,8-11H,7,12-13,15,29H2,1-2H3/t26-/m0/s1. The molecule has 0 bridgehead atoms. The van der Waals surface area contributed by atoms with Crippen molar-refractivity contribution in [3.63, 3.8) is 0 Å². The minimum absolute atomic E-state index is 0.0781. The molecule has 2 N–H and O–H groups in total. The molecular weight excluding hydrogens is 450 g/mol. The molecule has 1 atom stereocenters. The second-order valence-electron chi connectivity index (χ2n) is 8.88. The number of amides is 1. The fourth-order valence-corrected chi connectivity index (χ4v) is 5.72. The number of Topliss-reactive ketones (excluding diaryl/α,β-unsaturated/α-hetero) is 1. The molecule has 3 aliphatic rings. The van der Waals surface area contributed by atoms with Gasteiger partial charge in [-0.3, -0.25) is 14.6 Å². The summed E-state index contributed by atoms with van der Waals surface area (Å²) in [6, 6.07) is 16.9. The zero-order valence-electron chi connectivity index (χ0n) is 19.0. The lowest BCUT2D eigenvalue weighted by molar-refractivity contribution is -0.124. The van der Waals surface area contributed by atoms with E-state index in [-0.39, 0.29) is 29.6 Å². The van der Waals surface area contributed by atoms with E-state index < -0.39 is 5.41 Å².